The number of carbonyl (C=O) groups excluding carboxylic acids is 1. The highest BCUT2D eigenvalue weighted by Gasteiger charge is 2.47. The van der Waals surface area contributed by atoms with Gasteiger partial charge in [-0.05, 0) is 35.9 Å². The van der Waals surface area contributed by atoms with Crippen molar-refractivity contribution < 1.29 is 32.5 Å². The smallest absolute Gasteiger partial charge is 0.410 e. The van der Waals surface area contributed by atoms with Crippen LogP contribution in [0.1, 0.15) is 34.6 Å². The number of methoxy groups -OCH3 is 2. The van der Waals surface area contributed by atoms with E-state index in [2.05, 4.69) is 15.7 Å². The molecule has 2 aromatic carbocycles. The third-order valence-corrected chi connectivity index (χ3v) is 5.67. The number of phenolic OH excluding ortho intramolecular Hbond substituents is 1. The van der Waals surface area contributed by atoms with Crippen molar-refractivity contribution in [2.24, 2.45) is 0 Å². The van der Waals surface area contributed by atoms with E-state index in [9.17, 15) is 23.1 Å². The molecule has 0 radical (unpaired) electrons. The summed E-state index contributed by atoms with van der Waals surface area (Å²) >= 11 is 5.88. The average Bonchev–Trinajstić information content (AvgIpc) is 3.24. The summed E-state index contributed by atoms with van der Waals surface area (Å²) in [7, 11) is 2.90. The summed E-state index contributed by atoms with van der Waals surface area (Å²) in [5, 5.41) is 19.5. The van der Waals surface area contributed by atoms with E-state index in [1.54, 1.807) is 18.2 Å². The number of nitrogens with zero attached hydrogens (tertiary/aromatic N) is 2. The number of hydrogen-bond donors (Lipinski definition) is 3. The van der Waals surface area contributed by atoms with Crippen molar-refractivity contribution in [1.82, 2.24) is 9.78 Å². The molecule has 1 aliphatic heterocycles. The molecule has 0 fully saturated rings. The molecule has 0 saturated carbocycles. The van der Waals surface area contributed by atoms with Gasteiger partial charge in [-0.25, -0.2) is 4.68 Å². The zero-order valence-corrected chi connectivity index (χ0v) is 18.7. The number of anilines is 2. The van der Waals surface area contributed by atoms with Gasteiger partial charge < -0.3 is 25.2 Å². The Morgan fingerprint density at radius 3 is 2.59 bits per heavy atom. The van der Waals surface area contributed by atoms with Crippen LogP contribution in [0, 0.1) is 0 Å². The summed E-state index contributed by atoms with van der Waals surface area (Å²) < 4.78 is 53.1. The number of alkyl halides is 3. The Morgan fingerprint density at radius 2 is 1.91 bits per heavy atom. The highest BCUT2D eigenvalue weighted by Crippen LogP contribution is 2.44. The highest BCUT2D eigenvalue weighted by molar-refractivity contribution is 6.31. The van der Waals surface area contributed by atoms with E-state index in [-0.39, 0.29) is 34.4 Å². The molecule has 180 valence electrons. The molecule has 12 heteroatoms. The summed E-state index contributed by atoms with van der Waals surface area (Å²) in [6.07, 6.45) is -4.97. The minimum absolute atomic E-state index is 0.00649. The zero-order chi connectivity index (χ0) is 24.6. The van der Waals surface area contributed by atoms with Crippen LogP contribution < -0.4 is 20.1 Å². The lowest BCUT2D eigenvalue weighted by Crippen LogP contribution is -2.35. The molecule has 0 bridgehead atoms. The predicted octanol–water partition coefficient (Wildman–Crippen LogP) is 5.17. The number of ether oxygens (including phenoxy) is 2. The van der Waals surface area contributed by atoms with Crippen molar-refractivity contribution in [1.29, 1.82) is 0 Å². The predicted molar refractivity (Wildman–Crippen MR) is 119 cm³/mol. The molecule has 1 amide bonds. The van der Waals surface area contributed by atoms with Gasteiger partial charge in [0.1, 0.15) is 11.6 Å². The summed E-state index contributed by atoms with van der Waals surface area (Å²) in [5.41, 5.74) is 0.297. The van der Waals surface area contributed by atoms with Gasteiger partial charge in [0.2, 0.25) is 0 Å². The number of amides is 1. The van der Waals surface area contributed by atoms with E-state index in [1.807, 2.05) is 0 Å². The number of halogens is 4. The molecular formula is C22H20ClF3N4O4. The minimum atomic E-state index is -4.61. The van der Waals surface area contributed by atoms with Gasteiger partial charge in [-0.3, -0.25) is 4.79 Å². The zero-order valence-electron chi connectivity index (χ0n) is 18.0. The van der Waals surface area contributed by atoms with E-state index >= 15 is 0 Å². The van der Waals surface area contributed by atoms with Crippen molar-refractivity contribution in [3.8, 4) is 17.2 Å². The average molecular weight is 497 g/mol. The van der Waals surface area contributed by atoms with Gasteiger partial charge in [0, 0.05) is 17.5 Å². The molecule has 1 aliphatic rings. The number of benzene rings is 2. The molecule has 2 unspecified atom stereocenters. The molecule has 8 nitrogen and oxygen atoms in total. The van der Waals surface area contributed by atoms with Gasteiger partial charge in [-0.2, -0.15) is 18.3 Å². The molecule has 34 heavy (non-hydrogen) atoms. The molecule has 3 N–H and O–H groups in total. The Morgan fingerprint density at radius 1 is 1.18 bits per heavy atom. The van der Waals surface area contributed by atoms with Gasteiger partial charge >= 0.3 is 6.18 Å². The van der Waals surface area contributed by atoms with Crippen molar-refractivity contribution in [2.75, 3.05) is 24.9 Å². The third kappa shape index (κ3) is 4.56. The van der Waals surface area contributed by atoms with Crippen LogP contribution in [0.2, 0.25) is 5.02 Å². The number of aromatic hydroxyl groups is 1. The maximum Gasteiger partial charge on any atom is 0.410 e. The Labute approximate surface area is 197 Å². The standard InChI is InChI=1S/C22H20ClF3N4O4/c1-33-17-6-3-11(7-18(17)34-2)13-9-19(22(24,25)26)30-20(27-13)10-15(29-30)21(32)28-14-8-12(23)4-5-16(14)31/h3-8,10,13,19,27,31H,9H2,1-2H3,(H,28,32). The van der Waals surface area contributed by atoms with E-state index < -0.39 is 24.2 Å². The lowest BCUT2D eigenvalue weighted by atomic mass is 9.96. The molecule has 2 heterocycles. The van der Waals surface area contributed by atoms with Crippen LogP contribution in [0.3, 0.4) is 0 Å². The van der Waals surface area contributed by atoms with Crippen LogP contribution in [0.5, 0.6) is 17.2 Å². The third-order valence-electron chi connectivity index (χ3n) is 5.44. The summed E-state index contributed by atoms with van der Waals surface area (Å²) in [6.45, 7) is 0. The molecule has 4 rings (SSSR count). The molecule has 3 aromatic rings. The fraction of sp³-hybridized carbons (Fsp3) is 0.273. The second kappa shape index (κ2) is 8.98. The van der Waals surface area contributed by atoms with Crippen LogP contribution in [-0.2, 0) is 0 Å². The SMILES string of the molecule is COc1ccc(C2CC(C(F)(F)F)n3nc(C(=O)Nc4cc(Cl)ccc4O)cc3N2)cc1OC. The number of fused-ring (bicyclic) bond motifs is 1. The van der Waals surface area contributed by atoms with Gasteiger partial charge in [-0.15, -0.1) is 0 Å². The molecule has 0 spiro atoms. The summed E-state index contributed by atoms with van der Waals surface area (Å²) in [5.74, 6) is -0.200. The Balaban J connectivity index is 1.66. The second-order valence-electron chi connectivity index (χ2n) is 7.58. The van der Waals surface area contributed by atoms with E-state index in [1.165, 1.54) is 38.5 Å². The number of phenols is 1. The summed E-state index contributed by atoms with van der Waals surface area (Å²) in [4.78, 5) is 12.7. The van der Waals surface area contributed by atoms with E-state index in [0.29, 0.717) is 17.1 Å². The number of hydrogen-bond acceptors (Lipinski definition) is 6. The normalized spacial score (nSPS) is 17.5. The molecule has 2 atom stereocenters. The minimum Gasteiger partial charge on any atom is -0.506 e. The number of rotatable bonds is 5. The first kappa shape index (κ1) is 23.6. The topological polar surface area (TPSA) is 97.6 Å². The van der Waals surface area contributed by atoms with Crippen LogP contribution in [0.25, 0.3) is 0 Å². The quantitative estimate of drug-likeness (QED) is 0.421. The van der Waals surface area contributed by atoms with E-state index in [4.69, 9.17) is 21.1 Å². The maximum atomic E-state index is 13.9. The first-order chi connectivity index (χ1) is 16.1. The van der Waals surface area contributed by atoms with Gasteiger partial charge in [-0.1, -0.05) is 17.7 Å². The Kier molecular flexibility index (Phi) is 6.22. The molecule has 0 saturated heterocycles. The van der Waals surface area contributed by atoms with Crippen molar-refractivity contribution in [3.05, 3.63) is 58.7 Å². The molecule has 1 aromatic heterocycles. The Hall–Kier alpha value is -3.60. The fourth-order valence-electron chi connectivity index (χ4n) is 3.77. The van der Waals surface area contributed by atoms with Crippen molar-refractivity contribution >= 4 is 29.0 Å². The van der Waals surface area contributed by atoms with E-state index in [0.717, 1.165) is 4.68 Å². The van der Waals surface area contributed by atoms with Crippen LogP contribution in [0.4, 0.5) is 24.7 Å². The maximum absolute atomic E-state index is 13.9. The van der Waals surface area contributed by atoms with Gasteiger partial charge in [0.25, 0.3) is 5.91 Å². The van der Waals surface area contributed by atoms with Crippen LogP contribution in [-0.4, -0.2) is 41.2 Å². The van der Waals surface area contributed by atoms with Crippen molar-refractivity contribution in [2.45, 2.75) is 24.7 Å². The van der Waals surface area contributed by atoms with Crippen molar-refractivity contribution in [3.63, 3.8) is 0 Å². The lowest BCUT2D eigenvalue weighted by molar-refractivity contribution is -0.173. The van der Waals surface area contributed by atoms with Crippen LogP contribution in [0.15, 0.2) is 42.5 Å². The molecule has 0 aliphatic carbocycles. The second-order valence-corrected chi connectivity index (χ2v) is 8.02. The lowest BCUT2D eigenvalue weighted by Gasteiger charge is -2.33. The first-order valence-corrected chi connectivity index (χ1v) is 10.4. The Bertz CT molecular complexity index is 1230. The summed E-state index contributed by atoms with van der Waals surface area (Å²) in [6, 6.07) is 7.41. The largest absolute Gasteiger partial charge is 0.506 e. The number of aromatic nitrogens is 2. The molecular weight excluding hydrogens is 477 g/mol. The fourth-order valence-corrected chi connectivity index (χ4v) is 3.94. The monoisotopic (exact) mass is 496 g/mol. The first-order valence-electron chi connectivity index (χ1n) is 10.0. The van der Waals surface area contributed by atoms with Gasteiger partial charge in [0.15, 0.2) is 23.2 Å². The highest BCUT2D eigenvalue weighted by atomic mass is 35.5. The van der Waals surface area contributed by atoms with Crippen LogP contribution >= 0.6 is 11.6 Å². The van der Waals surface area contributed by atoms with Gasteiger partial charge in [0.05, 0.1) is 25.9 Å². The number of nitrogens with one attached hydrogen (secondary N) is 2. The number of carbonyl (C=O) groups is 1.